The Bertz CT molecular complexity index is 798. The third-order valence-corrected chi connectivity index (χ3v) is 7.55. The topological polar surface area (TPSA) is 124 Å². The molecule has 10 heteroatoms. The standard InChI is InChI=1S/C18H28N2O3S.C2H2O4/c1-15-7-11-19(12-8-15)16-9-13-20(14-10-16)24(21,22)18-5-3-17(23-2)4-6-18;3-1(4)2(5)6/h3-6,15-16H,7-14H2,1-2H3;(H,3,4)(H,5,6). The third kappa shape index (κ3) is 6.41. The molecule has 0 spiro atoms. The molecule has 168 valence electrons. The van der Waals surface area contributed by atoms with Gasteiger partial charge in [-0.1, -0.05) is 6.92 Å². The number of sulfonamides is 1. The average molecular weight is 443 g/mol. The van der Waals surface area contributed by atoms with Crippen molar-refractivity contribution in [1.82, 2.24) is 9.21 Å². The van der Waals surface area contributed by atoms with Gasteiger partial charge in [-0.15, -0.1) is 0 Å². The van der Waals surface area contributed by atoms with E-state index in [1.54, 1.807) is 35.7 Å². The zero-order chi connectivity index (χ0) is 22.3. The number of carbonyl (C=O) groups is 2. The summed E-state index contributed by atoms with van der Waals surface area (Å²) >= 11 is 0. The summed E-state index contributed by atoms with van der Waals surface area (Å²) in [5.74, 6) is -2.14. The number of likely N-dealkylation sites (tertiary alicyclic amines) is 1. The molecule has 0 radical (unpaired) electrons. The molecule has 0 saturated carbocycles. The highest BCUT2D eigenvalue weighted by molar-refractivity contribution is 7.89. The van der Waals surface area contributed by atoms with Gasteiger partial charge in [0.1, 0.15) is 5.75 Å². The first kappa shape index (κ1) is 24.1. The van der Waals surface area contributed by atoms with Crippen LogP contribution in [0.2, 0.25) is 0 Å². The lowest BCUT2D eigenvalue weighted by molar-refractivity contribution is -0.159. The Morgan fingerprint density at radius 2 is 1.43 bits per heavy atom. The first-order valence-corrected chi connectivity index (χ1v) is 11.4. The second-order valence-corrected chi connectivity index (χ2v) is 9.58. The van der Waals surface area contributed by atoms with Crippen LogP contribution in [0.25, 0.3) is 0 Å². The summed E-state index contributed by atoms with van der Waals surface area (Å²) in [6.07, 6.45) is 4.41. The number of nitrogens with zero attached hydrogens (tertiary/aromatic N) is 2. The Morgan fingerprint density at radius 3 is 1.87 bits per heavy atom. The number of benzene rings is 1. The van der Waals surface area contributed by atoms with E-state index in [1.807, 2.05) is 0 Å². The molecule has 0 atom stereocenters. The number of carboxylic acids is 2. The van der Waals surface area contributed by atoms with E-state index in [1.165, 1.54) is 12.8 Å². The summed E-state index contributed by atoms with van der Waals surface area (Å²) in [5, 5.41) is 14.8. The first-order chi connectivity index (χ1) is 14.1. The Hall–Kier alpha value is -2.17. The van der Waals surface area contributed by atoms with Gasteiger partial charge < -0.3 is 19.8 Å². The molecule has 2 aliphatic heterocycles. The number of ether oxygens (including phenoxy) is 1. The van der Waals surface area contributed by atoms with E-state index in [0.717, 1.165) is 31.8 Å². The molecule has 2 N–H and O–H groups in total. The summed E-state index contributed by atoms with van der Waals surface area (Å²) in [4.78, 5) is 21.1. The lowest BCUT2D eigenvalue weighted by Crippen LogP contribution is -2.48. The number of aliphatic carboxylic acids is 2. The Labute approximate surface area is 177 Å². The second-order valence-electron chi connectivity index (χ2n) is 7.64. The zero-order valence-corrected chi connectivity index (χ0v) is 18.2. The Balaban J connectivity index is 0.000000469. The van der Waals surface area contributed by atoms with Crippen LogP contribution in [0.15, 0.2) is 29.2 Å². The molecule has 0 amide bonds. The van der Waals surface area contributed by atoms with Gasteiger partial charge in [0.05, 0.1) is 12.0 Å². The molecular formula is C20H30N2O7S. The van der Waals surface area contributed by atoms with Crippen molar-refractivity contribution in [2.75, 3.05) is 33.3 Å². The van der Waals surface area contributed by atoms with Gasteiger partial charge in [-0.2, -0.15) is 4.31 Å². The van der Waals surface area contributed by atoms with Gasteiger partial charge in [0.15, 0.2) is 0 Å². The third-order valence-electron chi connectivity index (χ3n) is 5.64. The van der Waals surface area contributed by atoms with Crippen LogP contribution in [0.5, 0.6) is 5.75 Å². The maximum atomic E-state index is 12.8. The van der Waals surface area contributed by atoms with Crippen LogP contribution < -0.4 is 4.74 Å². The molecule has 1 aromatic carbocycles. The molecule has 0 unspecified atom stereocenters. The molecule has 2 fully saturated rings. The summed E-state index contributed by atoms with van der Waals surface area (Å²) in [5.41, 5.74) is 0. The van der Waals surface area contributed by atoms with E-state index in [0.29, 0.717) is 29.8 Å². The van der Waals surface area contributed by atoms with E-state index in [-0.39, 0.29) is 0 Å². The second kappa shape index (κ2) is 10.7. The van der Waals surface area contributed by atoms with Crippen LogP contribution in [-0.2, 0) is 19.6 Å². The molecule has 2 saturated heterocycles. The van der Waals surface area contributed by atoms with Gasteiger partial charge in [-0.05, 0) is 69.0 Å². The molecule has 0 aromatic heterocycles. The van der Waals surface area contributed by atoms with Crippen molar-refractivity contribution >= 4 is 22.0 Å². The van der Waals surface area contributed by atoms with Crippen LogP contribution in [0, 0.1) is 5.92 Å². The molecular weight excluding hydrogens is 412 g/mol. The van der Waals surface area contributed by atoms with Gasteiger partial charge >= 0.3 is 11.9 Å². The fourth-order valence-corrected chi connectivity index (χ4v) is 5.21. The number of carboxylic acid groups (broad SMARTS) is 2. The lowest BCUT2D eigenvalue weighted by Gasteiger charge is -2.41. The van der Waals surface area contributed by atoms with Crippen molar-refractivity contribution in [2.45, 2.75) is 43.5 Å². The number of hydrogen-bond donors (Lipinski definition) is 2. The van der Waals surface area contributed by atoms with Crippen molar-refractivity contribution in [3.05, 3.63) is 24.3 Å². The van der Waals surface area contributed by atoms with E-state index in [2.05, 4.69) is 11.8 Å². The van der Waals surface area contributed by atoms with Crippen LogP contribution in [0.4, 0.5) is 0 Å². The largest absolute Gasteiger partial charge is 0.497 e. The van der Waals surface area contributed by atoms with Gasteiger partial charge in [0.25, 0.3) is 0 Å². The van der Waals surface area contributed by atoms with Gasteiger partial charge in [0, 0.05) is 19.1 Å². The minimum atomic E-state index is -3.39. The van der Waals surface area contributed by atoms with E-state index >= 15 is 0 Å². The molecule has 2 heterocycles. The Morgan fingerprint density at radius 1 is 0.933 bits per heavy atom. The van der Waals surface area contributed by atoms with Crippen LogP contribution in [0.1, 0.15) is 32.6 Å². The molecule has 0 aliphatic carbocycles. The van der Waals surface area contributed by atoms with Crippen molar-refractivity contribution < 1.29 is 33.0 Å². The SMILES string of the molecule is COc1ccc(S(=O)(=O)N2CCC(N3CCC(C)CC3)CC2)cc1.O=C(O)C(=O)O. The summed E-state index contributed by atoms with van der Waals surface area (Å²) < 4.78 is 32.3. The maximum absolute atomic E-state index is 12.8. The molecule has 1 aromatic rings. The monoisotopic (exact) mass is 442 g/mol. The predicted molar refractivity (Wildman–Crippen MR) is 110 cm³/mol. The smallest absolute Gasteiger partial charge is 0.414 e. The quantitative estimate of drug-likeness (QED) is 0.676. The molecule has 3 rings (SSSR count). The number of rotatable bonds is 4. The highest BCUT2D eigenvalue weighted by Gasteiger charge is 2.32. The van der Waals surface area contributed by atoms with Crippen molar-refractivity contribution in [3.8, 4) is 5.75 Å². The van der Waals surface area contributed by atoms with Gasteiger partial charge in [-0.3, -0.25) is 0 Å². The van der Waals surface area contributed by atoms with Crippen LogP contribution in [0.3, 0.4) is 0 Å². The van der Waals surface area contributed by atoms with Gasteiger partial charge in [-0.25, -0.2) is 18.0 Å². The summed E-state index contributed by atoms with van der Waals surface area (Å²) in [6.45, 7) is 5.88. The number of hydrogen-bond acceptors (Lipinski definition) is 6. The van der Waals surface area contributed by atoms with E-state index in [9.17, 15) is 8.42 Å². The summed E-state index contributed by atoms with van der Waals surface area (Å²) in [6, 6.07) is 7.21. The number of methoxy groups -OCH3 is 1. The maximum Gasteiger partial charge on any atom is 0.414 e. The zero-order valence-electron chi connectivity index (χ0n) is 17.4. The van der Waals surface area contributed by atoms with Crippen molar-refractivity contribution in [3.63, 3.8) is 0 Å². The predicted octanol–water partition coefficient (Wildman–Crippen LogP) is 1.74. The molecule has 0 bridgehead atoms. The number of piperidine rings is 2. The fraction of sp³-hybridized carbons (Fsp3) is 0.600. The van der Waals surface area contributed by atoms with Crippen molar-refractivity contribution in [1.29, 1.82) is 0 Å². The normalized spacial score (nSPS) is 19.5. The Kier molecular flexibility index (Phi) is 8.63. The minimum absolute atomic E-state index is 0.355. The fourth-order valence-electron chi connectivity index (χ4n) is 3.74. The van der Waals surface area contributed by atoms with E-state index < -0.39 is 22.0 Å². The van der Waals surface area contributed by atoms with E-state index in [4.69, 9.17) is 24.5 Å². The summed E-state index contributed by atoms with van der Waals surface area (Å²) in [7, 11) is -1.81. The highest BCUT2D eigenvalue weighted by atomic mass is 32.2. The molecule has 9 nitrogen and oxygen atoms in total. The lowest BCUT2D eigenvalue weighted by atomic mass is 9.95. The average Bonchev–Trinajstić information content (AvgIpc) is 2.75. The highest BCUT2D eigenvalue weighted by Crippen LogP contribution is 2.27. The van der Waals surface area contributed by atoms with Crippen LogP contribution >= 0.6 is 0 Å². The van der Waals surface area contributed by atoms with Crippen molar-refractivity contribution in [2.24, 2.45) is 5.92 Å². The minimum Gasteiger partial charge on any atom is -0.497 e. The first-order valence-electron chi connectivity index (χ1n) is 9.99. The van der Waals surface area contributed by atoms with Gasteiger partial charge in [0.2, 0.25) is 10.0 Å². The van der Waals surface area contributed by atoms with Crippen LogP contribution in [-0.4, -0.2) is 79.1 Å². The molecule has 2 aliphatic rings. The molecule has 30 heavy (non-hydrogen) atoms.